The molecule has 0 heterocycles. The molecule has 4 heteroatoms. The maximum Gasteiger partial charge on any atom is 0.123 e. The molecule has 0 atom stereocenters. The molecule has 1 aromatic carbocycles. The van der Waals surface area contributed by atoms with E-state index < -0.39 is 0 Å². The molecule has 0 bridgehead atoms. The topological polar surface area (TPSA) is 53.1 Å². The summed E-state index contributed by atoms with van der Waals surface area (Å²) >= 11 is 0. The van der Waals surface area contributed by atoms with Gasteiger partial charge in [0.2, 0.25) is 0 Å². The molecule has 1 aromatic rings. The van der Waals surface area contributed by atoms with Crippen LogP contribution in [0.1, 0.15) is 18.9 Å². The first-order chi connectivity index (χ1) is 7.61. The van der Waals surface area contributed by atoms with Crippen LogP contribution in [0, 0.1) is 11.2 Å². The fourth-order valence-electron chi connectivity index (χ4n) is 1.52. The van der Waals surface area contributed by atoms with Crippen molar-refractivity contribution in [3.8, 4) is 0 Å². The largest absolute Gasteiger partial charge is 0.388 e. The minimum atomic E-state index is -0.208. The van der Waals surface area contributed by atoms with Gasteiger partial charge in [0.05, 0.1) is 5.84 Å². The van der Waals surface area contributed by atoms with Gasteiger partial charge < -0.3 is 5.73 Å². The van der Waals surface area contributed by atoms with Crippen LogP contribution in [-0.2, 0) is 6.54 Å². The number of benzene rings is 1. The highest BCUT2D eigenvalue weighted by Crippen LogP contribution is 2.07. The lowest BCUT2D eigenvalue weighted by Crippen LogP contribution is -2.27. The molecule has 88 valence electrons. The number of nitrogens with zero attached hydrogens (tertiary/aromatic N) is 1. The van der Waals surface area contributed by atoms with Crippen LogP contribution in [0.2, 0.25) is 0 Å². The molecule has 3 N–H and O–H groups in total. The summed E-state index contributed by atoms with van der Waals surface area (Å²) in [4.78, 5) is 2.14. The van der Waals surface area contributed by atoms with Gasteiger partial charge in [-0.1, -0.05) is 19.1 Å². The molecule has 0 fully saturated rings. The second-order valence-corrected chi connectivity index (χ2v) is 3.77. The van der Waals surface area contributed by atoms with Crippen LogP contribution in [0.3, 0.4) is 0 Å². The second kappa shape index (κ2) is 6.23. The Labute approximate surface area is 95.6 Å². The Bertz CT molecular complexity index is 352. The average molecular weight is 223 g/mol. The highest BCUT2D eigenvalue weighted by atomic mass is 19.1. The van der Waals surface area contributed by atoms with Gasteiger partial charge in [-0.25, -0.2) is 4.39 Å². The first-order valence-electron chi connectivity index (χ1n) is 5.41. The molecule has 0 aliphatic carbocycles. The Hall–Kier alpha value is -1.42. The van der Waals surface area contributed by atoms with E-state index in [1.165, 1.54) is 12.1 Å². The average Bonchev–Trinajstić information content (AvgIpc) is 2.24. The van der Waals surface area contributed by atoms with Gasteiger partial charge >= 0.3 is 0 Å². The Balaban J connectivity index is 2.52. The van der Waals surface area contributed by atoms with Gasteiger partial charge in [0.15, 0.2) is 0 Å². The summed E-state index contributed by atoms with van der Waals surface area (Å²) in [6, 6.07) is 6.59. The van der Waals surface area contributed by atoms with Crippen molar-refractivity contribution in [3.63, 3.8) is 0 Å². The molecule has 3 nitrogen and oxygen atoms in total. The third-order valence-electron chi connectivity index (χ3n) is 2.44. The zero-order chi connectivity index (χ0) is 12.0. The van der Waals surface area contributed by atoms with Gasteiger partial charge in [0, 0.05) is 19.5 Å². The Morgan fingerprint density at radius 1 is 1.50 bits per heavy atom. The fraction of sp³-hybridized carbons (Fsp3) is 0.417. The standard InChI is InChI=1S/C12H18FN3/c1-2-16(7-6-12(14)15)9-10-4-3-5-11(13)8-10/h3-5,8H,2,6-7,9H2,1H3,(H3,14,15). The van der Waals surface area contributed by atoms with Crippen LogP contribution in [0.5, 0.6) is 0 Å². The van der Waals surface area contributed by atoms with Crippen LogP contribution in [0.15, 0.2) is 24.3 Å². The molecule has 0 radical (unpaired) electrons. The van der Waals surface area contributed by atoms with E-state index in [2.05, 4.69) is 4.90 Å². The summed E-state index contributed by atoms with van der Waals surface area (Å²) in [6.07, 6.45) is 0.559. The lowest BCUT2D eigenvalue weighted by molar-refractivity contribution is 0.287. The number of hydrogen-bond acceptors (Lipinski definition) is 2. The fourth-order valence-corrected chi connectivity index (χ4v) is 1.52. The Morgan fingerprint density at radius 3 is 2.81 bits per heavy atom. The molecule has 0 aliphatic rings. The monoisotopic (exact) mass is 223 g/mol. The number of rotatable bonds is 6. The highest BCUT2D eigenvalue weighted by molar-refractivity contribution is 5.76. The molecule has 16 heavy (non-hydrogen) atoms. The lowest BCUT2D eigenvalue weighted by atomic mass is 10.2. The third-order valence-corrected chi connectivity index (χ3v) is 2.44. The zero-order valence-corrected chi connectivity index (χ0v) is 9.54. The van der Waals surface area contributed by atoms with Gasteiger partial charge in [0.25, 0.3) is 0 Å². The number of hydrogen-bond donors (Lipinski definition) is 2. The van der Waals surface area contributed by atoms with E-state index in [9.17, 15) is 4.39 Å². The number of nitrogens with one attached hydrogen (secondary N) is 1. The lowest BCUT2D eigenvalue weighted by Gasteiger charge is -2.20. The first kappa shape index (κ1) is 12.6. The van der Waals surface area contributed by atoms with Gasteiger partial charge in [-0.05, 0) is 24.2 Å². The molecule has 0 saturated carbocycles. The predicted molar refractivity (Wildman–Crippen MR) is 63.9 cm³/mol. The zero-order valence-electron chi connectivity index (χ0n) is 9.54. The summed E-state index contributed by atoms with van der Waals surface area (Å²) in [5.74, 6) is -0.0159. The van der Waals surface area contributed by atoms with Crippen molar-refractivity contribution in [1.82, 2.24) is 4.90 Å². The Kier molecular flexibility index (Phi) is 4.92. The Morgan fingerprint density at radius 2 is 2.25 bits per heavy atom. The minimum Gasteiger partial charge on any atom is -0.388 e. The van der Waals surface area contributed by atoms with E-state index in [1.807, 2.05) is 13.0 Å². The van der Waals surface area contributed by atoms with Crippen molar-refractivity contribution in [1.29, 1.82) is 5.41 Å². The summed E-state index contributed by atoms with van der Waals surface area (Å²) in [5, 5.41) is 7.17. The van der Waals surface area contributed by atoms with Crippen LogP contribution in [0.25, 0.3) is 0 Å². The van der Waals surface area contributed by atoms with Crippen molar-refractivity contribution in [2.24, 2.45) is 5.73 Å². The normalized spacial score (nSPS) is 10.7. The molecule has 0 aromatic heterocycles. The molecule has 1 rings (SSSR count). The predicted octanol–water partition coefficient (Wildman–Crippen LogP) is 1.97. The van der Waals surface area contributed by atoms with Crippen molar-refractivity contribution in [2.75, 3.05) is 13.1 Å². The third kappa shape index (κ3) is 4.40. The smallest absolute Gasteiger partial charge is 0.123 e. The van der Waals surface area contributed by atoms with E-state index >= 15 is 0 Å². The second-order valence-electron chi connectivity index (χ2n) is 3.77. The molecule has 0 aliphatic heterocycles. The quantitative estimate of drug-likeness (QED) is 0.572. The highest BCUT2D eigenvalue weighted by Gasteiger charge is 2.04. The summed E-state index contributed by atoms with van der Waals surface area (Å²) in [7, 11) is 0. The molecule has 0 amide bonds. The maximum atomic E-state index is 13.0. The van der Waals surface area contributed by atoms with E-state index in [0.29, 0.717) is 13.0 Å². The number of amidine groups is 1. The molecule has 0 unspecified atom stereocenters. The van der Waals surface area contributed by atoms with Crippen molar-refractivity contribution < 1.29 is 4.39 Å². The molecular weight excluding hydrogens is 205 g/mol. The van der Waals surface area contributed by atoms with Gasteiger partial charge in [0.1, 0.15) is 5.82 Å². The van der Waals surface area contributed by atoms with Crippen molar-refractivity contribution in [3.05, 3.63) is 35.6 Å². The van der Waals surface area contributed by atoms with E-state index in [0.717, 1.165) is 18.7 Å². The molecule has 0 spiro atoms. The minimum absolute atomic E-state index is 0.192. The van der Waals surface area contributed by atoms with Crippen LogP contribution in [-0.4, -0.2) is 23.8 Å². The molecular formula is C12H18FN3. The maximum absolute atomic E-state index is 13.0. The van der Waals surface area contributed by atoms with Crippen molar-refractivity contribution >= 4 is 5.84 Å². The van der Waals surface area contributed by atoms with E-state index in [4.69, 9.17) is 11.1 Å². The SMILES string of the molecule is CCN(CCC(=N)N)Cc1cccc(F)c1. The van der Waals surface area contributed by atoms with Gasteiger partial charge in [-0.15, -0.1) is 0 Å². The van der Waals surface area contributed by atoms with Crippen molar-refractivity contribution in [2.45, 2.75) is 19.9 Å². The van der Waals surface area contributed by atoms with Gasteiger partial charge in [-0.2, -0.15) is 0 Å². The summed E-state index contributed by atoms with van der Waals surface area (Å²) in [5.41, 5.74) is 6.26. The van der Waals surface area contributed by atoms with Gasteiger partial charge in [-0.3, -0.25) is 10.3 Å². The van der Waals surface area contributed by atoms with Crippen LogP contribution in [0.4, 0.5) is 4.39 Å². The first-order valence-corrected chi connectivity index (χ1v) is 5.41. The summed E-state index contributed by atoms with van der Waals surface area (Å²) < 4.78 is 13.0. The summed E-state index contributed by atoms with van der Waals surface area (Å²) in [6.45, 7) is 4.34. The number of nitrogens with two attached hydrogens (primary N) is 1. The van der Waals surface area contributed by atoms with E-state index in [-0.39, 0.29) is 11.7 Å². The van der Waals surface area contributed by atoms with Crippen LogP contribution < -0.4 is 5.73 Å². The molecule has 0 saturated heterocycles. The number of halogens is 1. The van der Waals surface area contributed by atoms with Crippen LogP contribution >= 0.6 is 0 Å². The van der Waals surface area contributed by atoms with E-state index in [1.54, 1.807) is 6.07 Å².